The van der Waals surface area contributed by atoms with Crippen molar-refractivity contribution < 1.29 is 23.5 Å². The van der Waals surface area contributed by atoms with Crippen molar-refractivity contribution in [3.05, 3.63) is 76.5 Å². The summed E-state index contributed by atoms with van der Waals surface area (Å²) in [5.74, 6) is -0.947. The molecule has 156 valence electrons. The first-order chi connectivity index (χ1) is 14.4. The number of benzene rings is 1. The standard InChI is InChI=1S/C22H23N3O5/c1-4-16-18(22(28)29-3)13(2)19(25-16)21(27)23-12-14-7-5-8-15(11-14)24-20(26)17-9-6-10-30-17/h5-11,25H,4,12H2,1-3H3,(H,23,27)(H,24,26). The highest BCUT2D eigenvalue weighted by atomic mass is 16.5. The minimum atomic E-state index is -0.473. The number of aromatic nitrogens is 1. The van der Waals surface area contributed by atoms with E-state index in [9.17, 15) is 14.4 Å². The molecule has 3 rings (SSSR count). The maximum Gasteiger partial charge on any atom is 0.339 e. The Morgan fingerprint density at radius 1 is 1.13 bits per heavy atom. The molecule has 0 aliphatic rings. The molecule has 0 fully saturated rings. The lowest BCUT2D eigenvalue weighted by atomic mass is 10.1. The van der Waals surface area contributed by atoms with Gasteiger partial charge >= 0.3 is 5.97 Å². The average Bonchev–Trinajstić information content (AvgIpc) is 3.40. The second-order valence-electron chi connectivity index (χ2n) is 6.64. The number of anilines is 1. The predicted molar refractivity (Wildman–Crippen MR) is 111 cm³/mol. The highest BCUT2D eigenvalue weighted by Crippen LogP contribution is 2.20. The normalized spacial score (nSPS) is 10.5. The van der Waals surface area contributed by atoms with Gasteiger partial charge in [-0.2, -0.15) is 0 Å². The smallest absolute Gasteiger partial charge is 0.339 e. The van der Waals surface area contributed by atoms with E-state index in [2.05, 4.69) is 15.6 Å². The highest BCUT2D eigenvalue weighted by molar-refractivity contribution is 6.02. The van der Waals surface area contributed by atoms with E-state index in [0.29, 0.717) is 34.6 Å². The molecule has 0 radical (unpaired) electrons. The number of rotatable bonds is 7. The van der Waals surface area contributed by atoms with Crippen molar-refractivity contribution in [2.24, 2.45) is 0 Å². The van der Waals surface area contributed by atoms with Crippen LogP contribution in [0.2, 0.25) is 0 Å². The molecule has 2 heterocycles. The summed E-state index contributed by atoms with van der Waals surface area (Å²) in [6.45, 7) is 3.85. The molecule has 0 bridgehead atoms. The number of hydrogen-bond acceptors (Lipinski definition) is 5. The molecule has 8 heteroatoms. The Kier molecular flexibility index (Phi) is 6.36. The Labute approximate surface area is 173 Å². The van der Waals surface area contributed by atoms with Crippen LogP contribution < -0.4 is 10.6 Å². The molecule has 3 aromatic rings. The van der Waals surface area contributed by atoms with Crippen LogP contribution in [0.5, 0.6) is 0 Å². The molecule has 1 aromatic carbocycles. The van der Waals surface area contributed by atoms with Crippen molar-refractivity contribution in [3.8, 4) is 0 Å². The Hall–Kier alpha value is -3.81. The van der Waals surface area contributed by atoms with Crippen LogP contribution in [0.15, 0.2) is 47.1 Å². The zero-order chi connectivity index (χ0) is 21.7. The number of aryl methyl sites for hydroxylation is 1. The molecule has 0 spiro atoms. The van der Waals surface area contributed by atoms with Crippen LogP contribution in [0, 0.1) is 6.92 Å². The molecule has 0 unspecified atom stereocenters. The van der Waals surface area contributed by atoms with Gasteiger partial charge in [-0.1, -0.05) is 19.1 Å². The number of methoxy groups -OCH3 is 1. The van der Waals surface area contributed by atoms with Gasteiger partial charge in [-0.15, -0.1) is 0 Å². The quantitative estimate of drug-likeness (QED) is 0.517. The van der Waals surface area contributed by atoms with Crippen LogP contribution >= 0.6 is 0 Å². The van der Waals surface area contributed by atoms with E-state index < -0.39 is 5.97 Å². The van der Waals surface area contributed by atoms with Crippen molar-refractivity contribution in [2.75, 3.05) is 12.4 Å². The summed E-state index contributed by atoms with van der Waals surface area (Å²) in [5, 5.41) is 5.58. The van der Waals surface area contributed by atoms with E-state index in [1.165, 1.54) is 13.4 Å². The molecule has 0 aliphatic heterocycles. The first-order valence-electron chi connectivity index (χ1n) is 9.46. The van der Waals surface area contributed by atoms with E-state index >= 15 is 0 Å². The van der Waals surface area contributed by atoms with E-state index in [1.54, 1.807) is 37.3 Å². The van der Waals surface area contributed by atoms with Gasteiger partial charge < -0.3 is 24.8 Å². The molecule has 2 aromatic heterocycles. The number of hydrogen-bond donors (Lipinski definition) is 3. The molecular formula is C22H23N3O5. The summed E-state index contributed by atoms with van der Waals surface area (Å²) in [6.07, 6.45) is 2.00. The summed E-state index contributed by atoms with van der Waals surface area (Å²) in [7, 11) is 1.31. The molecule has 3 N–H and O–H groups in total. The van der Waals surface area contributed by atoms with Crippen molar-refractivity contribution in [1.29, 1.82) is 0 Å². The largest absolute Gasteiger partial charge is 0.465 e. The minimum Gasteiger partial charge on any atom is -0.465 e. The highest BCUT2D eigenvalue weighted by Gasteiger charge is 2.23. The van der Waals surface area contributed by atoms with Gasteiger partial charge in [-0.25, -0.2) is 4.79 Å². The maximum absolute atomic E-state index is 12.7. The molecule has 8 nitrogen and oxygen atoms in total. The van der Waals surface area contributed by atoms with Crippen molar-refractivity contribution >= 4 is 23.5 Å². The second kappa shape index (κ2) is 9.13. The Morgan fingerprint density at radius 3 is 2.60 bits per heavy atom. The number of carbonyl (C=O) groups excluding carboxylic acids is 3. The van der Waals surface area contributed by atoms with Gasteiger partial charge in [0.2, 0.25) is 0 Å². The predicted octanol–water partition coefficient (Wildman–Crippen LogP) is 3.45. The molecular weight excluding hydrogens is 386 g/mol. The summed E-state index contributed by atoms with van der Waals surface area (Å²) in [4.78, 5) is 39.8. The molecule has 2 amide bonds. The fourth-order valence-corrected chi connectivity index (χ4v) is 3.16. The molecule has 0 saturated carbocycles. The fourth-order valence-electron chi connectivity index (χ4n) is 3.16. The van der Waals surface area contributed by atoms with Gasteiger partial charge in [0.25, 0.3) is 11.8 Å². The number of ether oxygens (including phenoxy) is 1. The first kappa shape index (κ1) is 20.9. The van der Waals surface area contributed by atoms with Crippen LogP contribution in [0.4, 0.5) is 5.69 Å². The molecule has 30 heavy (non-hydrogen) atoms. The van der Waals surface area contributed by atoms with Gasteiger partial charge in [-0.05, 0) is 48.7 Å². The second-order valence-corrected chi connectivity index (χ2v) is 6.64. The third-order valence-corrected chi connectivity index (χ3v) is 4.68. The Balaban J connectivity index is 1.69. The summed E-state index contributed by atoms with van der Waals surface area (Å²) < 4.78 is 9.90. The SMILES string of the molecule is CCc1[nH]c(C(=O)NCc2cccc(NC(=O)c3ccco3)c2)c(C)c1C(=O)OC. The lowest BCUT2D eigenvalue weighted by molar-refractivity contribution is 0.0598. The van der Waals surface area contributed by atoms with Gasteiger partial charge in [-0.3, -0.25) is 9.59 Å². The fraction of sp³-hybridized carbons (Fsp3) is 0.227. The number of esters is 1. The number of H-pyrrole nitrogens is 1. The maximum atomic E-state index is 12.7. The summed E-state index contributed by atoms with van der Waals surface area (Å²) in [5.41, 5.74) is 3.32. The van der Waals surface area contributed by atoms with Crippen molar-refractivity contribution in [2.45, 2.75) is 26.8 Å². The summed E-state index contributed by atoms with van der Waals surface area (Å²) >= 11 is 0. The third kappa shape index (κ3) is 4.43. The number of furan rings is 1. The van der Waals surface area contributed by atoms with Crippen molar-refractivity contribution in [1.82, 2.24) is 10.3 Å². The summed E-state index contributed by atoms with van der Waals surface area (Å²) in [6, 6.07) is 10.3. The topological polar surface area (TPSA) is 113 Å². The monoisotopic (exact) mass is 409 g/mol. The minimum absolute atomic E-state index is 0.212. The van der Waals surface area contributed by atoms with Gasteiger partial charge in [0.15, 0.2) is 5.76 Å². The zero-order valence-corrected chi connectivity index (χ0v) is 17.0. The van der Waals surface area contributed by atoms with Crippen LogP contribution in [0.1, 0.15) is 55.1 Å². The average molecular weight is 409 g/mol. The molecule has 0 saturated heterocycles. The Bertz CT molecular complexity index is 1070. The number of aromatic amines is 1. The van der Waals surface area contributed by atoms with E-state index in [0.717, 1.165) is 5.56 Å². The van der Waals surface area contributed by atoms with Crippen LogP contribution in [0.25, 0.3) is 0 Å². The van der Waals surface area contributed by atoms with E-state index in [4.69, 9.17) is 9.15 Å². The lowest BCUT2D eigenvalue weighted by Crippen LogP contribution is -2.24. The first-order valence-corrected chi connectivity index (χ1v) is 9.46. The zero-order valence-electron chi connectivity index (χ0n) is 17.0. The molecule has 0 atom stereocenters. The Morgan fingerprint density at radius 2 is 1.93 bits per heavy atom. The van der Waals surface area contributed by atoms with Gasteiger partial charge in [0, 0.05) is 17.9 Å². The van der Waals surface area contributed by atoms with Crippen LogP contribution in [-0.2, 0) is 17.7 Å². The van der Waals surface area contributed by atoms with Crippen LogP contribution in [0.3, 0.4) is 0 Å². The van der Waals surface area contributed by atoms with E-state index in [1.807, 2.05) is 13.0 Å². The number of amides is 2. The third-order valence-electron chi connectivity index (χ3n) is 4.68. The van der Waals surface area contributed by atoms with Crippen molar-refractivity contribution in [3.63, 3.8) is 0 Å². The van der Waals surface area contributed by atoms with E-state index in [-0.39, 0.29) is 24.1 Å². The van der Waals surface area contributed by atoms with Gasteiger partial charge in [0.1, 0.15) is 5.69 Å². The van der Waals surface area contributed by atoms with Crippen LogP contribution in [-0.4, -0.2) is 29.9 Å². The number of nitrogens with one attached hydrogen (secondary N) is 3. The molecule has 0 aliphatic carbocycles. The van der Waals surface area contributed by atoms with Gasteiger partial charge in [0.05, 0.1) is 18.9 Å². The lowest BCUT2D eigenvalue weighted by Gasteiger charge is -2.08. The number of carbonyl (C=O) groups is 3.